The zero-order valence-electron chi connectivity index (χ0n) is 8.33. The summed E-state index contributed by atoms with van der Waals surface area (Å²) in [5.74, 6) is 0. The number of rotatable bonds is 5. The third-order valence-electron chi connectivity index (χ3n) is 1.45. The van der Waals surface area contributed by atoms with Crippen molar-refractivity contribution in [3.8, 4) is 0 Å². The first-order valence-electron chi connectivity index (χ1n) is 4.32. The average molecular weight is 170 g/mol. The molecular formula is C8H18N4. The highest BCUT2D eigenvalue weighted by molar-refractivity contribution is 5.81. The molecule has 0 radical (unpaired) electrons. The predicted octanol–water partition coefficient (Wildman–Crippen LogP) is 2.82. The van der Waals surface area contributed by atoms with Crippen LogP contribution in [0.1, 0.15) is 40.5 Å². The SMILES string of the molecule is CCC/C(C)=N/N(N=N)C(C)C. The summed E-state index contributed by atoms with van der Waals surface area (Å²) in [6.07, 6.45) is 2.05. The lowest BCUT2D eigenvalue weighted by molar-refractivity contribution is 0.218. The van der Waals surface area contributed by atoms with Crippen LogP contribution in [0.5, 0.6) is 0 Å². The van der Waals surface area contributed by atoms with Crippen LogP contribution in [0.15, 0.2) is 10.3 Å². The molecule has 0 aromatic rings. The van der Waals surface area contributed by atoms with E-state index in [-0.39, 0.29) is 6.04 Å². The number of nitrogens with zero attached hydrogens (tertiary/aromatic N) is 3. The van der Waals surface area contributed by atoms with Crippen LogP contribution in [0.2, 0.25) is 0 Å². The normalized spacial score (nSPS) is 11.9. The average Bonchev–Trinajstić information content (AvgIpc) is 2.00. The molecule has 0 aliphatic rings. The van der Waals surface area contributed by atoms with E-state index >= 15 is 0 Å². The maximum Gasteiger partial charge on any atom is 0.0677 e. The smallest absolute Gasteiger partial charge is 0.0677 e. The predicted molar refractivity (Wildman–Crippen MR) is 50.1 cm³/mol. The molecule has 0 aliphatic carbocycles. The minimum Gasteiger partial charge on any atom is -0.185 e. The standard InChI is InChI=1S/C8H18N4/c1-5-6-8(4)10-12(11-9)7(2)3/h7,9H,5-6H2,1-4H3/b10-8+,11-9?. The molecule has 0 spiro atoms. The Morgan fingerprint density at radius 3 is 2.42 bits per heavy atom. The van der Waals surface area contributed by atoms with E-state index in [1.54, 1.807) is 0 Å². The third-order valence-corrected chi connectivity index (χ3v) is 1.45. The van der Waals surface area contributed by atoms with Crippen molar-refractivity contribution >= 4 is 5.71 Å². The monoisotopic (exact) mass is 170 g/mol. The van der Waals surface area contributed by atoms with Gasteiger partial charge in [-0.25, -0.2) is 0 Å². The maximum atomic E-state index is 6.86. The van der Waals surface area contributed by atoms with E-state index in [0.29, 0.717) is 0 Å². The van der Waals surface area contributed by atoms with E-state index in [0.717, 1.165) is 18.6 Å². The van der Waals surface area contributed by atoms with Crippen LogP contribution >= 0.6 is 0 Å². The van der Waals surface area contributed by atoms with Gasteiger partial charge < -0.3 is 0 Å². The maximum absolute atomic E-state index is 6.86. The van der Waals surface area contributed by atoms with Gasteiger partial charge in [0, 0.05) is 5.71 Å². The van der Waals surface area contributed by atoms with Gasteiger partial charge in [0.25, 0.3) is 0 Å². The van der Waals surface area contributed by atoms with Crippen LogP contribution in [0.25, 0.3) is 0 Å². The molecule has 0 aromatic heterocycles. The second kappa shape index (κ2) is 5.69. The first kappa shape index (κ1) is 11.1. The van der Waals surface area contributed by atoms with Gasteiger partial charge in [-0.05, 0) is 27.2 Å². The van der Waals surface area contributed by atoms with Crippen molar-refractivity contribution in [2.45, 2.75) is 46.6 Å². The van der Waals surface area contributed by atoms with Gasteiger partial charge in [0.15, 0.2) is 0 Å². The molecule has 1 N–H and O–H groups in total. The summed E-state index contributed by atoms with van der Waals surface area (Å²) in [6, 6.07) is 0.161. The van der Waals surface area contributed by atoms with Crippen molar-refractivity contribution in [1.29, 1.82) is 5.53 Å². The van der Waals surface area contributed by atoms with E-state index < -0.39 is 0 Å². The van der Waals surface area contributed by atoms with Gasteiger partial charge in [0.2, 0.25) is 0 Å². The van der Waals surface area contributed by atoms with Crippen LogP contribution in [0.3, 0.4) is 0 Å². The molecule has 0 fully saturated rings. The largest absolute Gasteiger partial charge is 0.185 e. The molecular weight excluding hydrogens is 152 g/mol. The molecule has 0 rings (SSSR count). The Morgan fingerprint density at radius 1 is 1.50 bits per heavy atom. The van der Waals surface area contributed by atoms with Crippen molar-refractivity contribution < 1.29 is 0 Å². The van der Waals surface area contributed by atoms with E-state index in [1.165, 1.54) is 5.12 Å². The van der Waals surface area contributed by atoms with E-state index in [2.05, 4.69) is 17.2 Å². The summed E-state index contributed by atoms with van der Waals surface area (Å²) in [6.45, 7) is 7.99. The van der Waals surface area contributed by atoms with E-state index in [9.17, 15) is 0 Å². The summed E-state index contributed by atoms with van der Waals surface area (Å²) in [4.78, 5) is 0. The van der Waals surface area contributed by atoms with Gasteiger partial charge >= 0.3 is 0 Å². The molecule has 0 saturated heterocycles. The highest BCUT2D eigenvalue weighted by atomic mass is 15.7. The molecule has 0 unspecified atom stereocenters. The molecule has 4 heteroatoms. The van der Waals surface area contributed by atoms with Gasteiger partial charge in [0.1, 0.15) is 0 Å². The summed E-state index contributed by atoms with van der Waals surface area (Å²) in [5.41, 5.74) is 7.89. The van der Waals surface area contributed by atoms with Gasteiger partial charge in [-0.3, -0.25) is 0 Å². The summed E-state index contributed by atoms with van der Waals surface area (Å²) < 4.78 is 0. The second-order valence-corrected chi connectivity index (χ2v) is 3.10. The number of hydrogen-bond donors (Lipinski definition) is 1. The summed E-state index contributed by atoms with van der Waals surface area (Å²) in [7, 11) is 0. The van der Waals surface area contributed by atoms with Gasteiger partial charge in [-0.2, -0.15) is 15.8 Å². The second-order valence-electron chi connectivity index (χ2n) is 3.10. The molecule has 0 aromatic carbocycles. The molecule has 0 aliphatic heterocycles. The molecule has 0 bridgehead atoms. The summed E-state index contributed by atoms with van der Waals surface area (Å²) in [5, 5.41) is 8.91. The van der Waals surface area contributed by atoms with Crippen molar-refractivity contribution in [3.05, 3.63) is 0 Å². The Balaban J connectivity index is 4.15. The molecule has 0 atom stereocenters. The van der Waals surface area contributed by atoms with E-state index in [4.69, 9.17) is 5.53 Å². The Morgan fingerprint density at radius 2 is 2.08 bits per heavy atom. The van der Waals surface area contributed by atoms with Crippen LogP contribution in [-0.4, -0.2) is 16.9 Å². The van der Waals surface area contributed by atoms with Crippen LogP contribution < -0.4 is 0 Å². The summed E-state index contributed by atoms with van der Waals surface area (Å²) >= 11 is 0. The van der Waals surface area contributed by atoms with Gasteiger partial charge in [0.05, 0.1) is 6.04 Å². The number of hydrazone groups is 1. The Bertz CT molecular complexity index is 162. The fourth-order valence-corrected chi connectivity index (χ4v) is 0.840. The molecule has 0 saturated carbocycles. The molecule has 0 heterocycles. The number of hydrogen-bond acceptors (Lipinski definition) is 3. The Kier molecular flexibility index (Phi) is 5.25. The van der Waals surface area contributed by atoms with E-state index in [1.807, 2.05) is 20.8 Å². The molecule has 70 valence electrons. The minimum atomic E-state index is 0.161. The fourth-order valence-electron chi connectivity index (χ4n) is 0.840. The minimum absolute atomic E-state index is 0.161. The zero-order valence-corrected chi connectivity index (χ0v) is 8.33. The van der Waals surface area contributed by atoms with Crippen molar-refractivity contribution in [2.24, 2.45) is 10.3 Å². The first-order chi connectivity index (χ1) is 5.61. The molecule has 12 heavy (non-hydrogen) atoms. The highest BCUT2D eigenvalue weighted by Crippen LogP contribution is 2.01. The van der Waals surface area contributed by atoms with Gasteiger partial charge in [-0.15, -0.1) is 0 Å². The van der Waals surface area contributed by atoms with Crippen molar-refractivity contribution in [1.82, 2.24) is 5.12 Å². The van der Waals surface area contributed by atoms with Gasteiger partial charge in [-0.1, -0.05) is 18.6 Å². The zero-order chi connectivity index (χ0) is 9.56. The lowest BCUT2D eigenvalue weighted by Crippen LogP contribution is -2.20. The Labute approximate surface area is 74.1 Å². The topological polar surface area (TPSA) is 51.8 Å². The lowest BCUT2D eigenvalue weighted by atomic mass is 10.2. The molecule has 0 amide bonds. The van der Waals surface area contributed by atoms with Crippen LogP contribution in [-0.2, 0) is 0 Å². The lowest BCUT2D eigenvalue weighted by Gasteiger charge is -2.15. The third kappa shape index (κ3) is 4.05. The Hall–Kier alpha value is -0.930. The van der Waals surface area contributed by atoms with Crippen LogP contribution in [0, 0.1) is 5.53 Å². The number of nitrogens with one attached hydrogen (secondary N) is 1. The first-order valence-corrected chi connectivity index (χ1v) is 4.32. The molecule has 4 nitrogen and oxygen atoms in total. The quantitative estimate of drug-likeness (QED) is 0.385. The van der Waals surface area contributed by atoms with Crippen molar-refractivity contribution in [2.75, 3.05) is 0 Å². The highest BCUT2D eigenvalue weighted by Gasteiger charge is 2.03. The fraction of sp³-hybridized carbons (Fsp3) is 0.875. The van der Waals surface area contributed by atoms with Crippen LogP contribution in [0.4, 0.5) is 0 Å². The van der Waals surface area contributed by atoms with Crippen molar-refractivity contribution in [3.63, 3.8) is 0 Å².